The van der Waals surface area contributed by atoms with E-state index in [1.165, 1.54) is 5.56 Å². The minimum atomic E-state index is 0.779. The van der Waals surface area contributed by atoms with E-state index in [0.717, 1.165) is 43.9 Å². The fourth-order valence-corrected chi connectivity index (χ4v) is 1.97. The van der Waals surface area contributed by atoms with Gasteiger partial charge in [-0.3, -0.25) is 4.68 Å². The molecule has 0 unspecified atom stereocenters. The molecule has 0 aliphatic rings. The van der Waals surface area contributed by atoms with Gasteiger partial charge < -0.3 is 4.74 Å². The highest BCUT2D eigenvalue weighted by Crippen LogP contribution is 2.16. The van der Waals surface area contributed by atoms with Gasteiger partial charge in [0.15, 0.2) is 5.75 Å². The van der Waals surface area contributed by atoms with Crippen molar-refractivity contribution in [3.8, 4) is 5.75 Å². The molecule has 1 heterocycles. The number of hydrogen-bond donors (Lipinski definition) is 0. The van der Waals surface area contributed by atoms with Crippen LogP contribution in [-0.4, -0.2) is 16.4 Å². The van der Waals surface area contributed by atoms with Crippen molar-refractivity contribution in [2.75, 3.05) is 6.61 Å². The summed E-state index contributed by atoms with van der Waals surface area (Å²) < 4.78 is 7.70. The highest BCUT2D eigenvalue weighted by Gasteiger charge is 2.05. The smallest absolute Gasteiger partial charge is 0.160 e. The first-order valence-electron chi connectivity index (χ1n) is 7.00. The second-order valence-electron chi connectivity index (χ2n) is 4.78. The van der Waals surface area contributed by atoms with Crippen molar-refractivity contribution in [2.24, 2.45) is 0 Å². The van der Waals surface area contributed by atoms with E-state index >= 15 is 0 Å². The largest absolute Gasteiger partial charge is 0.490 e. The van der Waals surface area contributed by atoms with Crippen molar-refractivity contribution in [3.63, 3.8) is 0 Å². The molecular formula is C16H22N2O. The predicted octanol–water partition coefficient (Wildman–Crippen LogP) is 3.61. The molecule has 102 valence electrons. The van der Waals surface area contributed by atoms with Gasteiger partial charge in [-0.1, -0.05) is 43.7 Å². The summed E-state index contributed by atoms with van der Waals surface area (Å²) in [5.74, 6) is 0.918. The fraction of sp³-hybridized carbons (Fsp3) is 0.438. The third kappa shape index (κ3) is 4.12. The number of benzene rings is 1. The van der Waals surface area contributed by atoms with Gasteiger partial charge in [0.25, 0.3) is 0 Å². The third-order valence-electron chi connectivity index (χ3n) is 3.13. The predicted molar refractivity (Wildman–Crippen MR) is 77.5 cm³/mol. The Morgan fingerprint density at radius 3 is 2.74 bits per heavy atom. The molecule has 3 heteroatoms. The lowest BCUT2D eigenvalue weighted by Gasteiger charge is -2.02. The number of hydrogen-bond acceptors (Lipinski definition) is 2. The topological polar surface area (TPSA) is 27.1 Å². The number of rotatable bonds is 7. The molecule has 2 aromatic rings. The quantitative estimate of drug-likeness (QED) is 0.709. The Kier molecular flexibility index (Phi) is 5.01. The van der Waals surface area contributed by atoms with Crippen molar-refractivity contribution in [2.45, 2.75) is 39.7 Å². The zero-order valence-corrected chi connectivity index (χ0v) is 11.8. The molecule has 19 heavy (non-hydrogen) atoms. The lowest BCUT2D eigenvalue weighted by Crippen LogP contribution is -2.01. The van der Waals surface area contributed by atoms with E-state index in [4.69, 9.17) is 4.74 Å². The van der Waals surface area contributed by atoms with Crippen LogP contribution in [0, 0.1) is 6.92 Å². The number of nitrogens with zero attached hydrogens (tertiary/aromatic N) is 2. The van der Waals surface area contributed by atoms with Crippen molar-refractivity contribution >= 4 is 0 Å². The zero-order valence-electron chi connectivity index (χ0n) is 11.8. The van der Waals surface area contributed by atoms with Crippen LogP contribution < -0.4 is 4.74 Å². The number of aromatic nitrogens is 2. The Hall–Kier alpha value is -1.77. The molecule has 0 atom stereocenters. The molecule has 1 aromatic carbocycles. The molecule has 2 rings (SSSR count). The van der Waals surface area contributed by atoms with E-state index < -0.39 is 0 Å². The molecule has 0 bridgehead atoms. The first-order chi connectivity index (χ1) is 9.29. The van der Waals surface area contributed by atoms with Gasteiger partial charge in [0, 0.05) is 6.54 Å². The fourth-order valence-electron chi connectivity index (χ4n) is 1.97. The molecule has 1 aromatic heterocycles. The zero-order chi connectivity index (χ0) is 13.5. The molecule has 0 aliphatic heterocycles. The van der Waals surface area contributed by atoms with E-state index in [1.807, 2.05) is 23.9 Å². The average Bonchev–Trinajstić information content (AvgIpc) is 2.79. The minimum absolute atomic E-state index is 0.779. The Balaban J connectivity index is 1.89. The molecule has 0 N–H and O–H groups in total. The Bertz CT molecular complexity index is 491. The summed E-state index contributed by atoms with van der Waals surface area (Å²) in [6.45, 7) is 5.84. The first kappa shape index (κ1) is 13.7. The monoisotopic (exact) mass is 258 g/mol. The molecule has 3 nitrogen and oxygen atoms in total. The summed E-state index contributed by atoms with van der Waals surface area (Å²) >= 11 is 0. The van der Waals surface area contributed by atoms with Gasteiger partial charge in [-0.05, 0) is 25.3 Å². The van der Waals surface area contributed by atoms with Gasteiger partial charge in [0.1, 0.15) is 5.69 Å². The molecule has 0 saturated heterocycles. The third-order valence-corrected chi connectivity index (χ3v) is 3.13. The number of aryl methyl sites for hydroxylation is 3. The van der Waals surface area contributed by atoms with Crippen LogP contribution in [0.3, 0.4) is 0 Å². The lowest BCUT2D eigenvalue weighted by molar-refractivity contribution is 0.307. The molecule has 0 spiro atoms. The first-order valence-corrected chi connectivity index (χ1v) is 7.00. The van der Waals surface area contributed by atoms with Crippen LogP contribution in [0.1, 0.15) is 31.0 Å². The number of unbranched alkanes of at least 4 members (excludes halogenated alkanes) is 1. The minimum Gasteiger partial charge on any atom is -0.490 e. The average molecular weight is 258 g/mol. The highest BCUT2D eigenvalue weighted by atomic mass is 16.5. The maximum Gasteiger partial charge on any atom is 0.160 e. The summed E-state index contributed by atoms with van der Waals surface area (Å²) in [6, 6.07) is 10.5. The van der Waals surface area contributed by atoms with Crippen LogP contribution in [0.4, 0.5) is 0 Å². The molecular weight excluding hydrogens is 236 g/mol. The second-order valence-corrected chi connectivity index (χ2v) is 4.78. The summed E-state index contributed by atoms with van der Waals surface area (Å²) in [4.78, 5) is 0. The van der Waals surface area contributed by atoms with E-state index in [-0.39, 0.29) is 0 Å². The number of ether oxygens (including phenoxy) is 1. The van der Waals surface area contributed by atoms with E-state index in [9.17, 15) is 0 Å². The van der Waals surface area contributed by atoms with E-state index in [0.29, 0.717) is 0 Å². The van der Waals surface area contributed by atoms with Crippen molar-refractivity contribution < 1.29 is 4.74 Å². The van der Waals surface area contributed by atoms with Gasteiger partial charge in [-0.25, -0.2) is 0 Å². The standard InChI is InChI=1S/C16H22N2O/c1-3-4-12-19-16-13-18(17-14(16)2)11-10-15-8-6-5-7-9-15/h5-9,13H,3-4,10-12H2,1-2H3. The van der Waals surface area contributed by atoms with Crippen molar-refractivity contribution in [3.05, 3.63) is 47.8 Å². The summed E-state index contributed by atoms with van der Waals surface area (Å²) in [5.41, 5.74) is 2.31. The molecule has 0 radical (unpaired) electrons. The molecule has 0 fully saturated rings. The van der Waals surface area contributed by atoms with Crippen LogP contribution in [0.15, 0.2) is 36.5 Å². The highest BCUT2D eigenvalue weighted by molar-refractivity contribution is 5.23. The van der Waals surface area contributed by atoms with Gasteiger partial charge in [0.2, 0.25) is 0 Å². The van der Waals surface area contributed by atoms with E-state index in [2.05, 4.69) is 36.3 Å². The Morgan fingerprint density at radius 2 is 2.00 bits per heavy atom. The molecule has 0 amide bonds. The van der Waals surface area contributed by atoms with Crippen LogP contribution >= 0.6 is 0 Å². The van der Waals surface area contributed by atoms with Gasteiger partial charge in [-0.2, -0.15) is 5.10 Å². The van der Waals surface area contributed by atoms with Crippen LogP contribution in [0.2, 0.25) is 0 Å². The van der Waals surface area contributed by atoms with Crippen molar-refractivity contribution in [1.82, 2.24) is 9.78 Å². The summed E-state index contributed by atoms with van der Waals surface area (Å²) in [6.07, 6.45) is 5.25. The van der Waals surface area contributed by atoms with Crippen molar-refractivity contribution in [1.29, 1.82) is 0 Å². The Labute approximate surface area is 115 Å². The van der Waals surface area contributed by atoms with Crippen LogP contribution in [0.25, 0.3) is 0 Å². The van der Waals surface area contributed by atoms with Gasteiger partial charge in [-0.15, -0.1) is 0 Å². The SMILES string of the molecule is CCCCOc1cn(CCc2ccccc2)nc1C. The van der Waals surface area contributed by atoms with E-state index in [1.54, 1.807) is 0 Å². The van der Waals surface area contributed by atoms with Crippen LogP contribution in [-0.2, 0) is 13.0 Å². The maximum atomic E-state index is 5.73. The molecule has 0 aliphatic carbocycles. The van der Waals surface area contributed by atoms with Gasteiger partial charge >= 0.3 is 0 Å². The summed E-state index contributed by atoms with van der Waals surface area (Å²) in [5, 5.41) is 4.50. The second kappa shape index (κ2) is 6.98. The van der Waals surface area contributed by atoms with Crippen LogP contribution in [0.5, 0.6) is 5.75 Å². The maximum absolute atomic E-state index is 5.73. The molecule has 0 saturated carbocycles. The Morgan fingerprint density at radius 1 is 1.21 bits per heavy atom. The summed E-state index contributed by atoms with van der Waals surface area (Å²) in [7, 11) is 0. The van der Waals surface area contributed by atoms with Gasteiger partial charge in [0.05, 0.1) is 12.8 Å². The normalized spacial score (nSPS) is 10.6. The lowest BCUT2D eigenvalue weighted by atomic mass is 10.1.